The fourth-order valence-electron chi connectivity index (χ4n) is 3.63. The van der Waals surface area contributed by atoms with Gasteiger partial charge < -0.3 is 15.6 Å². The Kier molecular flexibility index (Phi) is 10.3. The SMILES string of the molecule is CC(C)[C@@]12NC1CCCCCCCCCCOC2=O.CC(C)[C@H](N)C(=O)O. The zero-order valence-corrected chi connectivity index (χ0v) is 17.6. The van der Waals surface area contributed by atoms with Crippen LogP contribution in [0.15, 0.2) is 0 Å². The van der Waals surface area contributed by atoms with Gasteiger partial charge in [0.25, 0.3) is 0 Å². The minimum atomic E-state index is -0.931. The van der Waals surface area contributed by atoms with Gasteiger partial charge in [0.2, 0.25) is 0 Å². The highest BCUT2D eigenvalue weighted by molar-refractivity contribution is 5.86. The third-order valence-corrected chi connectivity index (χ3v) is 5.75. The van der Waals surface area contributed by atoms with E-state index in [4.69, 9.17) is 15.6 Å². The van der Waals surface area contributed by atoms with Gasteiger partial charge in [0, 0.05) is 6.04 Å². The lowest BCUT2D eigenvalue weighted by molar-refractivity contribution is -0.148. The zero-order chi connectivity index (χ0) is 20.4. The molecule has 158 valence electrons. The number of esters is 1. The number of hydrogen-bond acceptors (Lipinski definition) is 5. The number of carboxylic acids is 1. The van der Waals surface area contributed by atoms with E-state index in [0.29, 0.717) is 18.6 Å². The van der Waals surface area contributed by atoms with Gasteiger partial charge in [0.05, 0.1) is 6.61 Å². The third kappa shape index (κ3) is 7.41. The number of cyclic esters (lactones) is 1. The number of ether oxygens (including phenoxy) is 1. The average Bonchev–Trinajstić information content (AvgIpc) is 3.34. The molecule has 3 atom stereocenters. The van der Waals surface area contributed by atoms with E-state index in [1.807, 2.05) is 0 Å². The maximum Gasteiger partial charge on any atom is 0.328 e. The number of nitrogens with one attached hydrogen (secondary N) is 1. The summed E-state index contributed by atoms with van der Waals surface area (Å²) in [7, 11) is 0. The molecule has 2 aliphatic heterocycles. The van der Waals surface area contributed by atoms with Crippen molar-refractivity contribution in [2.75, 3.05) is 6.61 Å². The number of nitrogens with two attached hydrogens (primary N) is 1. The van der Waals surface area contributed by atoms with Crippen LogP contribution in [0.4, 0.5) is 0 Å². The Balaban J connectivity index is 0.000000387. The van der Waals surface area contributed by atoms with Crippen LogP contribution in [0.5, 0.6) is 0 Å². The van der Waals surface area contributed by atoms with E-state index in [1.54, 1.807) is 13.8 Å². The molecule has 0 amide bonds. The summed E-state index contributed by atoms with van der Waals surface area (Å²) in [6.07, 6.45) is 11.2. The summed E-state index contributed by atoms with van der Waals surface area (Å²) in [5.74, 6) is -0.602. The molecule has 0 spiro atoms. The first-order valence-corrected chi connectivity index (χ1v) is 10.7. The molecule has 0 radical (unpaired) electrons. The van der Waals surface area contributed by atoms with Crippen molar-refractivity contribution < 1.29 is 19.4 Å². The van der Waals surface area contributed by atoms with Gasteiger partial charge in [-0.2, -0.15) is 0 Å². The Hall–Kier alpha value is -1.14. The molecule has 2 fully saturated rings. The van der Waals surface area contributed by atoms with E-state index < -0.39 is 12.0 Å². The second-order valence-electron chi connectivity index (χ2n) is 8.58. The monoisotopic (exact) mass is 384 g/mol. The van der Waals surface area contributed by atoms with Gasteiger partial charge in [-0.1, -0.05) is 72.6 Å². The standard InChI is InChI=1S/C16H29NO2.C5H11NO2/c1-13(2)16-14(17-16)11-9-7-5-3-4-6-8-10-12-19-15(16)18;1-3(2)4(6)5(7)8/h13-14,17H,3-12H2,1-2H3;3-4H,6H2,1-2H3,(H,7,8)/t14?,16-;4-/m10/s1. The van der Waals surface area contributed by atoms with E-state index >= 15 is 0 Å². The quantitative estimate of drug-likeness (QED) is 0.507. The minimum Gasteiger partial charge on any atom is -0.480 e. The lowest BCUT2D eigenvalue weighted by atomic mass is 9.89. The molecule has 0 aromatic rings. The van der Waals surface area contributed by atoms with Gasteiger partial charge in [0.1, 0.15) is 11.6 Å². The van der Waals surface area contributed by atoms with Crippen LogP contribution in [0.2, 0.25) is 0 Å². The summed E-state index contributed by atoms with van der Waals surface area (Å²) in [5, 5.41) is 11.7. The molecule has 4 N–H and O–H groups in total. The average molecular weight is 385 g/mol. The molecule has 1 unspecified atom stereocenters. The Morgan fingerprint density at radius 3 is 2.04 bits per heavy atom. The van der Waals surface area contributed by atoms with Gasteiger partial charge in [-0.15, -0.1) is 0 Å². The van der Waals surface area contributed by atoms with Crippen molar-refractivity contribution in [2.24, 2.45) is 17.6 Å². The molecule has 0 aromatic carbocycles. The second-order valence-corrected chi connectivity index (χ2v) is 8.58. The Labute approximate surface area is 164 Å². The van der Waals surface area contributed by atoms with Crippen LogP contribution >= 0.6 is 0 Å². The third-order valence-electron chi connectivity index (χ3n) is 5.75. The van der Waals surface area contributed by atoms with Crippen LogP contribution in [0.25, 0.3) is 0 Å². The molecule has 6 heteroatoms. The van der Waals surface area contributed by atoms with Gasteiger partial charge in [-0.05, 0) is 24.7 Å². The topological polar surface area (TPSA) is 112 Å². The van der Waals surface area contributed by atoms with Crippen LogP contribution in [-0.4, -0.2) is 41.3 Å². The minimum absolute atomic E-state index is 0.00967. The Morgan fingerprint density at radius 1 is 1.07 bits per heavy atom. The number of carbonyl (C=O) groups is 2. The first kappa shape index (κ1) is 23.9. The Morgan fingerprint density at radius 2 is 1.59 bits per heavy atom. The van der Waals surface area contributed by atoms with Crippen LogP contribution in [0.1, 0.15) is 85.5 Å². The predicted molar refractivity (Wildman–Crippen MR) is 107 cm³/mol. The summed E-state index contributed by atoms with van der Waals surface area (Å²) >= 11 is 0. The van der Waals surface area contributed by atoms with Gasteiger partial charge in [-0.25, -0.2) is 4.79 Å². The number of carbonyl (C=O) groups excluding carboxylic acids is 1. The first-order chi connectivity index (χ1) is 12.7. The van der Waals surface area contributed by atoms with Crippen molar-refractivity contribution in [1.29, 1.82) is 0 Å². The maximum atomic E-state index is 12.3. The number of rotatable bonds is 3. The maximum absolute atomic E-state index is 12.3. The van der Waals surface area contributed by atoms with E-state index in [-0.39, 0.29) is 17.4 Å². The predicted octanol–water partition coefficient (Wildman–Crippen LogP) is 3.48. The van der Waals surface area contributed by atoms with Gasteiger partial charge in [0.15, 0.2) is 0 Å². The second kappa shape index (κ2) is 11.6. The summed E-state index contributed by atoms with van der Waals surface area (Å²) < 4.78 is 5.50. The highest BCUT2D eigenvalue weighted by Crippen LogP contribution is 2.39. The Bertz CT molecular complexity index is 467. The van der Waals surface area contributed by atoms with Crippen LogP contribution in [-0.2, 0) is 14.3 Å². The van der Waals surface area contributed by atoms with Gasteiger partial charge in [-0.3, -0.25) is 10.1 Å². The highest BCUT2D eigenvalue weighted by Gasteiger charge is 2.62. The molecule has 0 bridgehead atoms. The van der Waals surface area contributed by atoms with Crippen molar-refractivity contribution in [3.05, 3.63) is 0 Å². The first-order valence-electron chi connectivity index (χ1n) is 10.7. The molecule has 0 aliphatic carbocycles. The lowest BCUT2D eigenvalue weighted by Crippen LogP contribution is -2.37. The number of aliphatic carboxylic acids is 1. The molecule has 2 heterocycles. The number of hydrogen-bond donors (Lipinski definition) is 3. The van der Waals surface area contributed by atoms with Crippen molar-refractivity contribution in [2.45, 2.75) is 103 Å². The summed E-state index contributed by atoms with van der Waals surface area (Å²) in [4.78, 5) is 22.3. The molecule has 0 saturated carbocycles. The summed E-state index contributed by atoms with van der Waals surface area (Å²) in [6.45, 7) is 8.40. The molecule has 2 rings (SSSR count). The van der Waals surface area contributed by atoms with Crippen LogP contribution in [0, 0.1) is 11.8 Å². The molecule has 2 saturated heterocycles. The van der Waals surface area contributed by atoms with Crippen molar-refractivity contribution in [3.8, 4) is 0 Å². The summed E-state index contributed by atoms with van der Waals surface area (Å²) in [5.41, 5.74) is 4.79. The smallest absolute Gasteiger partial charge is 0.328 e. The number of fused-ring (bicyclic) bond motifs is 1. The zero-order valence-electron chi connectivity index (χ0n) is 17.6. The van der Waals surface area contributed by atoms with E-state index in [2.05, 4.69) is 19.2 Å². The van der Waals surface area contributed by atoms with Crippen molar-refractivity contribution in [3.63, 3.8) is 0 Å². The molecule has 6 nitrogen and oxygen atoms in total. The van der Waals surface area contributed by atoms with E-state index in [9.17, 15) is 9.59 Å². The molecule has 2 aliphatic rings. The van der Waals surface area contributed by atoms with Crippen molar-refractivity contribution in [1.82, 2.24) is 5.32 Å². The fraction of sp³-hybridized carbons (Fsp3) is 0.905. The highest BCUT2D eigenvalue weighted by atomic mass is 16.5. The fourth-order valence-corrected chi connectivity index (χ4v) is 3.63. The van der Waals surface area contributed by atoms with Gasteiger partial charge >= 0.3 is 11.9 Å². The normalized spacial score (nSPS) is 28.3. The van der Waals surface area contributed by atoms with E-state index in [0.717, 1.165) is 12.8 Å². The van der Waals surface area contributed by atoms with Crippen LogP contribution in [0.3, 0.4) is 0 Å². The molecule has 27 heavy (non-hydrogen) atoms. The molecular formula is C21H40N2O4. The van der Waals surface area contributed by atoms with E-state index in [1.165, 1.54) is 44.9 Å². The van der Waals surface area contributed by atoms with Crippen LogP contribution < -0.4 is 11.1 Å². The lowest BCUT2D eigenvalue weighted by Gasteiger charge is -2.18. The summed E-state index contributed by atoms with van der Waals surface area (Å²) in [6, 6.07) is -0.363. The number of carboxylic acid groups (broad SMARTS) is 1. The largest absolute Gasteiger partial charge is 0.480 e. The van der Waals surface area contributed by atoms with Crippen molar-refractivity contribution >= 4 is 11.9 Å². The molecular weight excluding hydrogens is 344 g/mol. The molecule has 0 aromatic heterocycles.